The molecule has 2 heterocycles. The molecular formula is C50H38N2O. The van der Waals surface area contributed by atoms with Gasteiger partial charge in [0.05, 0.1) is 17.1 Å². The zero-order chi connectivity index (χ0) is 35.7. The maximum Gasteiger partial charge on any atom is 0.151 e. The van der Waals surface area contributed by atoms with Crippen LogP contribution in [0, 0.1) is 6.92 Å². The van der Waals surface area contributed by atoms with Crippen LogP contribution in [0.2, 0.25) is 0 Å². The Morgan fingerprint density at radius 2 is 1.09 bits per heavy atom. The normalized spacial score (nSPS) is 13.5. The van der Waals surface area contributed by atoms with Gasteiger partial charge in [-0.1, -0.05) is 135 Å². The predicted molar refractivity (Wildman–Crippen MR) is 221 cm³/mol. The smallest absolute Gasteiger partial charge is 0.151 e. The summed E-state index contributed by atoms with van der Waals surface area (Å²) in [6, 6.07) is 63.5. The lowest BCUT2D eigenvalue weighted by Gasteiger charge is -2.45. The van der Waals surface area contributed by atoms with E-state index in [9.17, 15) is 0 Å². The summed E-state index contributed by atoms with van der Waals surface area (Å²) < 4.78 is 6.55. The third kappa shape index (κ3) is 4.96. The van der Waals surface area contributed by atoms with Crippen molar-refractivity contribution in [2.24, 2.45) is 0 Å². The van der Waals surface area contributed by atoms with Crippen molar-refractivity contribution in [3.05, 3.63) is 193 Å². The molecule has 0 radical (unpaired) electrons. The fourth-order valence-electron chi connectivity index (χ4n) is 8.46. The van der Waals surface area contributed by atoms with Crippen LogP contribution in [-0.4, -0.2) is 0 Å². The van der Waals surface area contributed by atoms with Crippen molar-refractivity contribution in [2.45, 2.75) is 26.2 Å². The lowest BCUT2D eigenvalue weighted by molar-refractivity contribution is 0.471. The Kier molecular flexibility index (Phi) is 7.06. The van der Waals surface area contributed by atoms with E-state index in [1.165, 1.54) is 55.4 Å². The van der Waals surface area contributed by atoms with Gasteiger partial charge < -0.3 is 14.5 Å². The molecule has 10 rings (SSSR count). The van der Waals surface area contributed by atoms with Crippen LogP contribution in [0.15, 0.2) is 176 Å². The maximum absolute atomic E-state index is 6.55. The van der Waals surface area contributed by atoms with Gasteiger partial charge in [-0.15, -0.1) is 0 Å². The summed E-state index contributed by atoms with van der Waals surface area (Å²) in [6.07, 6.45) is 0. The van der Waals surface area contributed by atoms with E-state index in [1.807, 2.05) is 0 Å². The first-order valence-corrected chi connectivity index (χ1v) is 18.4. The number of anilines is 6. The van der Waals surface area contributed by atoms with Crippen LogP contribution in [0.1, 0.15) is 30.5 Å². The lowest BCUT2D eigenvalue weighted by atomic mass is 9.73. The molecule has 0 aromatic heterocycles. The van der Waals surface area contributed by atoms with E-state index >= 15 is 0 Å². The number of rotatable bonds is 5. The number of hydrogen-bond donors (Lipinski definition) is 0. The SMILES string of the molecule is Cc1cccc2c1N1c3ccc(N(c4ccc(-c5ccccc5)cc4)c4ccc(-c5cccc6ccccc56)cc4)cc3C(C)(C)c3cccc(c31)O2. The summed E-state index contributed by atoms with van der Waals surface area (Å²) in [5.41, 5.74) is 15.0. The number of ether oxygens (including phenoxy) is 1. The van der Waals surface area contributed by atoms with Crippen molar-refractivity contribution in [1.82, 2.24) is 0 Å². The first-order chi connectivity index (χ1) is 26.0. The van der Waals surface area contributed by atoms with Gasteiger partial charge in [0.15, 0.2) is 11.5 Å². The van der Waals surface area contributed by atoms with Crippen LogP contribution >= 0.6 is 0 Å². The van der Waals surface area contributed by atoms with E-state index in [-0.39, 0.29) is 5.41 Å². The van der Waals surface area contributed by atoms with Gasteiger partial charge in [-0.2, -0.15) is 0 Å². The second-order valence-electron chi connectivity index (χ2n) is 14.7. The van der Waals surface area contributed by atoms with Crippen molar-refractivity contribution in [2.75, 3.05) is 9.80 Å². The molecule has 0 saturated carbocycles. The Bertz CT molecular complexity index is 2670. The number of nitrogens with zero attached hydrogens (tertiary/aromatic N) is 2. The standard InChI is InChI=1S/C50H38N2O/c1-33-12-9-20-46-48(33)52-45-31-30-40(32-44(45)50(2,3)43-19-11-21-47(53-46)49(43)52)51(38-26-22-35(23-27-38)34-13-5-4-6-14-34)39-28-24-37(25-29-39)42-18-10-16-36-15-7-8-17-41(36)42/h4-32H,1-3H3. The molecule has 0 N–H and O–H groups in total. The average molecular weight is 683 g/mol. The number of hydrogen-bond acceptors (Lipinski definition) is 3. The molecule has 2 aliphatic rings. The Morgan fingerprint density at radius 3 is 1.87 bits per heavy atom. The van der Waals surface area contributed by atoms with Gasteiger partial charge in [-0.3, -0.25) is 0 Å². The van der Waals surface area contributed by atoms with Crippen molar-refractivity contribution in [3.8, 4) is 33.8 Å². The Labute approximate surface area is 311 Å². The summed E-state index contributed by atoms with van der Waals surface area (Å²) in [4.78, 5) is 4.82. The molecule has 0 fully saturated rings. The monoisotopic (exact) mass is 682 g/mol. The largest absolute Gasteiger partial charge is 0.453 e. The summed E-state index contributed by atoms with van der Waals surface area (Å²) >= 11 is 0. The second kappa shape index (κ2) is 12.0. The zero-order valence-electron chi connectivity index (χ0n) is 30.0. The van der Waals surface area contributed by atoms with Crippen LogP contribution in [-0.2, 0) is 5.41 Å². The van der Waals surface area contributed by atoms with Gasteiger partial charge in [0.2, 0.25) is 0 Å². The van der Waals surface area contributed by atoms with Gasteiger partial charge in [-0.25, -0.2) is 0 Å². The predicted octanol–water partition coefficient (Wildman–Crippen LogP) is 14.2. The van der Waals surface area contributed by atoms with E-state index in [0.29, 0.717) is 0 Å². The van der Waals surface area contributed by atoms with E-state index in [2.05, 4.69) is 206 Å². The van der Waals surface area contributed by atoms with Gasteiger partial charge in [0, 0.05) is 22.5 Å². The summed E-state index contributed by atoms with van der Waals surface area (Å²) in [7, 11) is 0. The molecule has 3 heteroatoms. The van der Waals surface area contributed by atoms with Crippen LogP contribution in [0.3, 0.4) is 0 Å². The number of fused-ring (bicyclic) bond motifs is 5. The third-order valence-corrected chi connectivity index (χ3v) is 11.2. The molecular weight excluding hydrogens is 645 g/mol. The zero-order valence-corrected chi connectivity index (χ0v) is 30.0. The molecule has 2 aliphatic heterocycles. The molecule has 53 heavy (non-hydrogen) atoms. The lowest BCUT2D eigenvalue weighted by Crippen LogP contribution is -2.32. The third-order valence-electron chi connectivity index (χ3n) is 11.2. The van der Waals surface area contributed by atoms with E-state index in [0.717, 1.165) is 39.9 Å². The molecule has 0 aliphatic carbocycles. The molecule has 0 unspecified atom stereocenters. The minimum Gasteiger partial charge on any atom is -0.453 e. The maximum atomic E-state index is 6.55. The van der Waals surface area contributed by atoms with Crippen molar-refractivity contribution in [1.29, 1.82) is 0 Å². The highest BCUT2D eigenvalue weighted by atomic mass is 16.5. The van der Waals surface area contributed by atoms with Gasteiger partial charge in [-0.05, 0) is 111 Å². The Balaban J connectivity index is 1.13. The van der Waals surface area contributed by atoms with E-state index < -0.39 is 0 Å². The fraction of sp³-hybridized carbons (Fsp3) is 0.0800. The van der Waals surface area contributed by atoms with Crippen LogP contribution < -0.4 is 14.5 Å². The van der Waals surface area contributed by atoms with Crippen LogP contribution in [0.25, 0.3) is 33.0 Å². The quantitative estimate of drug-likeness (QED) is 0.180. The number of aryl methyl sites for hydroxylation is 1. The Hall–Kier alpha value is -6.58. The van der Waals surface area contributed by atoms with Crippen LogP contribution in [0.4, 0.5) is 34.1 Å². The Morgan fingerprint density at radius 1 is 0.491 bits per heavy atom. The minimum absolute atomic E-state index is 0.280. The van der Waals surface area contributed by atoms with Crippen LogP contribution in [0.5, 0.6) is 11.5 Å². The highest BCUT2D eigenvalue weighted by molar-refractivity contribution is 5.98. The topological polar surface area (TPSA) is 15.7 Å². The molecule has 8 aromatic rings. The molecule has 0 spiro atoms. The van der Waals surface area contributed by atoms with Gasteiger partial charge in [0.25, 0.3) is 0 Å². The summed E-state index contributed by atoms with van der Waals surface area (Å²) in [6.45, 7) is 6.86. The highest BCUT2D eigenvalue weighted by Gasteiger charge is 2.42. The van der Waals surface area contributed by atoms with Gasteiger partial charge >= 0.3 is 0 Å². The molecule has 0 atom stereocenters. The highest BCUT2D eigenvalue weighted by Crippen LogP contribution is 2.61. The van der Waals surface area contributed by atoms with Gasteiger partial charge in [0.1, 0.15) is 0 Å². The van der Waals surface area contributed by atoms with E-state index in [1.54, 1.807) is 0 Å². The molecule has 0 amide bonds. The van der Waals surface area contributed by atoms with E-state index in [4.69, 9.17) is 4.74 Å². The van der Waals surface area contributed by atoms with Crippen molar-refractivity contribution in [3.63, 3.8) is 0 Å². The molecule has 3 nitrogen and oxygen atoms in total. The molecule has 254 valence electrons. The van der Waals surface area contributed by atoms with Crippen molar-refractivity contribution >= 4 is 44.9 Å². The molecule has 8 aromatic carbocycles. The second-order valence-corrected chi connectivity index (χ2v) is 14.7. The molecule has 0 bridgehead atoms. The number of para-hydroxylation sites is 2. The van der Waals surface area contributed by atoms with Crippen molar-refractivity contribution < 1.29 is 4.74 Å². The fourth-order valence-corrected chi connectivity index (χ4v) is 8.46. The summed E-state index contributed by atoms with van der Waals surface area (Å²) in [5, 5.41) is 2.51. The average Bonchev–Trinajstić information content (AvgIpc) is 3.20. The first kappa shape index (κ1) is 31.2. The summed E-state index contributed by atoms with van der Waals surface area (Å²) in [5.74, 6) is 1.78. The first-order valence-electron chi connectivity index (χ1n) is 18.4. The number of benzene rings is 8. The molecule has 0 saturated heterocycles. The minimum atomic E-state index is -0.280.